The van der Waals surface area contributed by atoms with E-state index in [-0.39, 0.29) is 11.7 Å². The van der Waals surface area contributed by atoms with Gasteiger partial charge in [0, 0.05) is 5.69 Å². The molecule has 0 saturated heterocycles. The number of hydrogen-bond donors (Lipinski definition) is 1. The fraction of sp³-hybridized carbons (Fsp3) is 0.391. The zero-order valence-corrected chi connectivity index (χ0v) is 19.2. The Morgan fingerprint density at radius 3 is 2.13 bits per heavy atom. The van der Waals surface area contributed by atoms with E-state index in [4.69, 9.17) is 0 Å². The van der Waals surface area contributed by atoms with Crippen LogP contribution in [-0.2, 0) is 4.79 Å². The van der Waals surface area contributed by atoms with E-state index in [1.54, 1.807) is 4.68 Å². The number of benzene rings is 2. The minimum absolute atomic E-state index is 0.0638. The highest BCUT2D eigenvalue weighted by Crippen LogP contribution is 2.32. The summed E-state index contributed by atoms with van der Waals surface area (Å²) in [6.07, 6.45) is 0. The van der Waals surface area contributed by atoms with E-state index in [0.717, 1.165) is 33.6 Å². The van der Waals surface area contributed by atoms with Crippen LogP contribution >= 0.6 is 11.8 Å². The number of amides is 1. The van der Waals surface area contributed by atoms with E-state index in [1.165, 1.54) is 11.8 Å². The lowest BCUT2D eigenvalue weighted by molar-refractivity contribution is -0.113. The van der Waals surface area contributed by atoms with Crippen LogP contribution < -0.4 is 5.32 Å². The summed E-state index contributed by atoms with van der Waals surface area (Å²) >= 11 is 1.34. The molecule has 158 valence electrons. The number of nitrogens with one attached hydrogen (secondary N) is 1. The van der Waals surface area contributed by atoms with E-state index < -0.39 is 0 Å². The SMILES string of the molecule is Cc1cccc(C)c1-n1nnnc1SCC(=O)Nc1c(C(C)C)cccc1C(C)C. The smallest absolute Gasteiger partial charge is 0.234 e. The van der Waals surface area contributed by atoms with Gasteiger partial charge in [-0.05, 0) is 58.4 Å². The molecule has 0 unspecified atom stereocenters. The maximum Gasteiger partial charge on any atom is 0.234 e. The summed E-state index contributed by atoms with van der Waals surface area (Å²) in [6, 6.07) is 12.3. The number of para-hydroxylation sites is 2. The summed E-state index contributed by atoms with van der Waals surface area (Å²) in [6.45, 7) is 12.6. The molecule has 0 bridgehead atoms. The molecule has 3 aromatic rings. The lowest BCUT2D eigenvalue weighted by atomic mass is 9.92. The summed E-state index contributed by atoms with van der Waals surface area (Å²) in [7, 11) is 0. The van der Waals surface area contributed by atoms with E-state index in [1.807, 2.05) is 32.0 Å². The lowest BCUT2D eigenvalue weighted by Crippen LogP contribution is -2.18. The molecule has 0 aliphatic rings. The summed E-state index contributed by atoms with van der Waals surface area (Å²) in [5.41, 5.74) is 6.36. The molecular formula is C23H29N5OS. The van der Waals surface area contributed by atoms with Gasteiger partial charge in [-0.25, -0.2) is 0 Å². The fourth-order valence-electron chi connectivity index (χ4n) is 3.55. The quantitative estimate of drug-likeness (QED) is 0.525. The molecule has 0 radical (unpaired) electrons. The van der Waals surface area contributed by atoms with Crippen LogP contribution in [0.1, 0.15) is 61.8 Å². The molecule has 1 N–H and O–H groups in total. The molecule has 1 heterocycles. The Morgan fingerprint density at radius 2 is 1.57 bits per heavy atom. The third kappa shape index (κ3) is 4.73. The molecule has 0 spiro atoms. The number of rotatable bonds is 7. The minimum Gasteiger partial charge on any atom is -0.325 e. The summed E-state index contributed by atoms with van der Waals surface area (Å²) in [4.78, 5) is 12.8. The fourth-order valence-corrected chi connectivity index (χ4v) is 4.23. The van der Waals surface area contributed by atoms with Crippen LogP contribution in [-0.4, -0.2) is 31.9 Å². The topological polar surface area (TPSA) is 72.7 Å². The van der Waals surface area contributed by atoms with Gasteiger partial charge in [-0.15, -0.1) is 5.10 Å². The maximum atomic E-state index is 12.8. The summed E-state index contributed by atoms with van der Waals surface area (Å²) in [5, 5.41) is 15.9. The highest BCUT2D eigenvalue weighted by Gasteiger charge is 2.18. The van der Waals surface area contributed by atoms with Crippen molar-refractivity contribution >= 4 is 23.4 Å². The van der Waals surface area contributed by atoms with Crippen LogP contribution in [0.4, 0.5) is 5.69 Å². The van der Waals surface area contributed by atoms with Crippen molar-refractivity contribution < 1.29 is 4.79 Å². The first-order valence-electron chi connectivity index (χ1n) is 10.2. The average molecular weight is 424 g/mol. The summed E-state index contributed by atoms with van der Waals surface area (Å²) in [5.74, 6) is 0.812. The lowest BCUT2D eigenvalue weighted by Gasteiger charge is -2.20. The Bertz CT molecular complexity index is 995. The van der Waals surface area contributed by atoms with Gasteiger partial charge in [0.2, 0.25) is 11.1 Å². The zero-order chi connectivity index (χ0) is 21.8. The molecule has 7 heteroatoms. The maximum absolute atomic E-state index is 12.8. The van der Waals surface area contributed by atoms with Crippen molar-refractivity contribution in [2.45, 2.75) is 58.5 Å². The average Bonchev–Trinajstić information content (AvgIpc) is 3.14. The van der Waals surface area contributed by atoms with Crippen molar-refractivity contribution in [2.24, 2.45) is 0 Å². The third-order valence-electron chi connectivity index (χ3n) is 5.06. The Labute approximate surface area is 182 Å². The van der Waals surface area contributed by atoms with Crippen molar-refractivity contribution in [3.05, 3.63) is 58.7 Å². The number of aryl methyl sites for hydroxylation is 2. The van der Waals surface area contributed by atoms with Crippen LogP contribution in [0.3, 0.4) is 0 Å². The van der Waals surface area contributed by atoms with E-state index >= 15 is 0 Å². The predicted molar refractivity (Wildman–Crippen MR) is 123 cm³/mol. The Hall–Kier alpha value is -2.67. The monoisotopic (exact) mass is 423 g/mol. The number of thioether (sulfide) groups is 1. The molecule has 0 aliphatic carbocycles. The van der Waals surface area contributed by atoms with Crippen LogP contribution in [0.25, 0.3) is 5.69 Å². The third-order valence-corrected chi connectivity index (χ3v) is 5.98. The molecular weight excluding hydrogens is 394 g/mol. The molecule has 0 fully saturated rings. The second-order valence-corrected chi connectivity index (χ2v) is 9.01. The molecule has 0 atom stereocenters. The van der Waals surface area contributed by atoms with Gasteiger partial charge < -0.3 is 5.32 Å². The number of carbonyl (C=O) groups is 1. The van der Waals surface area contributed by atoms with Crippen LogP contribution in [0.5, 0.6) is 0 Å². The Balaban J connectivity index is 1.79. The Kier molecular flexibility index (Phi) is 6.92. The van der Waals surface area contributed by atoms with Gasteiger partial charge in [-0.1, -0.05) is 75.9 Å². The second-order valence-electron chi connectivity index (χ2n) is 8.07. The number of carbonyl (C=O) groups excluding carboxylic acids is 1. The first-order valence-corrected chi connectivity index (χ1v) is 11.2. The molecule has 6 nitrogen and oxygen atoms in total. The van der Waals surface area contributed by atoms with Gasteiger partial charge >= 0.3 is 0 Å². The first kappa shape index (κ1) is 22.0. The van der Waals surface area contributed by atoms with Gasteiger partial charge in [0.05, 0.1) is 11.4 Å². The van der Waals surface area contributed by atoms with Crippen molar-refractivity contribution in [1.82, 2.24) is 20.2 Å². The van der Waals surface area contributed by atoms with Gasteiger partial charge in [0.25, 0.3) is 0 Å². The number of anilines is 1. The standard InChI is InChI=1S/C23H29N5OS/c1-14(2)18-11-8-12-19(15(3)4)21(18)24-20(29)13-30-23-25-26-27-28(23)22-16(5)9-7-10-17(22)6/h7-12,14-15H,13H2,1-6H3,(H,24,29). The Morgan fingerprint density at radius 1 is 1.00 bits per heavy atom. The molecule has 3 rings (SSSR count). The number of tetrazole rings is 1. The van der Waals surface area contributed by atoms with Gasteiger partial charge in [-0.2, -0.15) is 4.68 Å². The molecule has 30 heavy (non-hydrogen) atoms. The van der Waals surface area contributed by atoms with Crippen molar-refractivity contribution in [2.75, 3.05) is 11.1 Å². The summed E-state index contributed by atoms with van der Waals surface area (Å²) < 4.78 is 1.71. The van der Waals surface area contributed by atoms with Gasteiger partial charge in [0.1, 0.15) is 0 Å². The highest BCUT2D eigenvalue weighted by molar-refractivity contribution is 7.99. The van der Waals surface area contributed by atoms with Crippen LogP contribution in [0, 0.1) is 13.8 Å². The van der Waals surface area contributed by atoms with Crippen molar-refractivity contribution in [3.63, 3.8) is 0 Å². The van der Waals surface area contributed by atoms with Gasteiger partial charge in [-0.3, -0.25) is 4.79 Å². The van der Waals surface area contributed by atoms with Crippen molar-refractivity contribution in [3.8, 4) is 5.69 Å². The van der Waals surface area contributed by atoms with E-state index in [2.05, 4.69) is 66.7 Å². The predicted octanol–water partition coefficient (Wildman–Crippen LogP) is 5.26. The number of hydrogen-bond acceptors (Lipinski definition) is 5. The normalized spacial score (nSPS) is 11.3. The van der Waals surface area contributed by atoms with Gasteiger partial charge in [0.15, 0.2) is 0 Å². The second kappa shape index (κ2) is 9.43. The number of aromatic nitrogens is 4. The van der Waals surface area contributed by atoms with E-state index in [9.17, 15) is 4.79 Å². The molecule has 1 aromatic heterocycles. The number of nitrogens with zero attached hydrogens (tertiary/aromatic N) is 4. The van der Waals surface area contributed by atoms with Crippen LogP contribution in [0.15, 0.2) is 41.6 Å². The molecule has 1 amide bonds. The highest BCUT2D eigenvalue weighted by atomic mass is 32.2. The van der Waals surface area contributed by atoms with Crippen molar-refractivity contribution in [1.29, 1.82) is 0 Å². The molecule has 0 saturated carbocycles. The molecule has 0 aliphatic heterocycles. The van der Waals surface area contributed by atoms with Crippen LogP contribution in [0.2, 0.25) is 0 Å². The largest absolute Gasteiger partial charge is 0.325 e. The zero-order valence-electron chi connectivity index (χ0n) is 18.4. The van der Waals surface area contributed by atoms with E-state index in [0.29, 0.717) is 17.0 Å². The minimum atomic E-state index is -0.0638. The molecule has 2 aromatic carbocycles. The first-order chi connectivity index (χ1) is 14.3.